The number of hydrogen-bond acceptors (Lipinski definition) is 11. The van der Waals surface area contributed by atoms with Gasteiger partial charge in [0.2, 0.25) is 23.7 Å². The molecule has 4 N–H and O–H groups in total. The van der Waals surface area contributed by atoms with Gasteiger partial charge in [0.05, 0.1) is 17.2 Å². The Kier molecular flexibility index (Phi) is 13.3. The van der Waals surface area contributed by atoms with Crippen LogP contribution in [0.1, 0.15) is 42.7 Å². The lowest BCUT2D eigenvalue weighted by atomic mass is 9.89. The van der Waals surface area contributed by atoms with Crippen LogP contribution in [0.15, 0.2) is 89.8 Å². The Morgan fingerprint density at radius 1 is 0.924 bits per heavy atom. The van der Waals surface area contributed by atoms with Crippen molar-refractivity contribution in [3.63, 3.8) is 0 Å². The van der Waals surface area contributed by atoms with Gasteiger partial charge in [-0.25, -0.2) is 9.37 Å². The van der Waals surface area contributed by atoms with E-state index in [1.54, 1.807) is 23.0 Å². The minimum absolute atomic E-state index is 0.0418. The second-order valence-electron chi connectivity index (χ2n) is 17.6. The predicted molar refractivity (Wildman–Crippen MR) is 265 cm³/mol. The Labute approximate surface area is 393 Å². The average molecular weight is 975 g/mol. The molecule has 66 heavy (non-hydrogen) atoms. The average Bonchev–Trinajstić information content (AvgIpc) is 3.75. The molecule has 3 saturated heterocycles. The monoisotopic (exact) mass is 973 g/mol. The number of aromatic nitrogens is 4. The van der Waals surface area contributed by atoms with Crippen LogP contribution in [-0.2, 0) is 21.4 Å². The summed E-state index contributed by atoms with van der Waals surface area (Å²) in [6.45, 7) is 10.9. The standard InChI is InChI=1S/C49H54BrFN11O3P/c1-30-23-43(61-19-21-62(22-20-61)45(64)29-60-17-15-32(16-18-60)35-11-10-34(24-39(35)51)54-41-13-14-44(63)57-48(41)65)37(33-26-53-59(2)28-33)25-42(30)56-49-52-27-38(50)47(58-49)55-40-12-9-31-7-5-6-8-36(31)46(40)66(3)4/h5-12,23-28,32,41,54H,13-22,29H2,1-4H3,(H,57,63,65)(H2,52,55,56,58). The molecule has 0 bridgehead atoms. The van der Waals surface area contributed by atoms with E-state index in [9.17, 15) is 14.4 Å². The lowest BCUT2D eigenvalue weighted by Gasteiger charge is -2.39. The minimum Gasteiger partial charge on any atom is -0.374 e. The second kappa shape index (κ2) is 19.5. The number of carbonyl (C=O) groups excluding carboxylic acids is 3. The smallest absolute Gasteiger partial charge is 0.249 e. The molecule has 3 amide bonds. The maximum atomic E-state index is 15.4. The van der Waals surface area contributed by atoms with Gasteiger partial charge in [0.1, 0.15) is 17.7 Å². The van der Waals surface area contributed by atoms with Crippen molar-refractivity contribution in [1.82, 2.24) is 34.9 Å². The number of nitrogens with zero attached hydrogens (tertiary/aromatic N) is 7. The zero-order valence-electron chi connectivity index (χ0n) is 37.6. The van der Waals surface area contributed by atoms with Crippen LogP contribution in [-0.4, -0.2) is 112 Å². The number of amides is 3. The number of piperazine rings is 1. The van der Waals surface area contributed by atoms with E-state index in [4.69, 9.17) is 4.98 Å². The Hall–Kier alpha value is -5.96. The first-order valence-corrected chi connectivity index (χ1v) is 25.4. The minimum atomic E-state index is -0.570. The van der Waals surface area contributed by atoms with Crippen LogP contribution >= 0.6 is 23.9 Å². The van der Waals surface area contributed by atoms with Crippen molar-refractivity contribution in [2.24, 2.45) is 7.05 Å². The zero-order valence-corrected chi connectivity index (χ0v) is 40.1. The number of anilines is 6. The van der Waals surface area contributed by atoms with Gasteiger partial charge in [-0.1, -0.05) is 44.3 Å². The molecule has 4 aromatic carbocycles. The lowest BCUT2D eigenvalue weighted by molar-refractivity contribution is -0.134. The van der Waals surface area contributed by atoms with E-state index < -0.39 is 19.9 Å². The molecule has 3 aliphatic rings. The number of benzene rings is 4. The van der Waals surface area contributed by atoms with E-state index in [-0.39, 0.29) is 30.0 Å². The van der Waals surface area contributed by atoms with Crippen LogP contribution in [0.5, 0.6) is 0 Å². The van der Waals surface area contributed by atoms with E-state index in [0.717, 1.165) is 51.1 Å². The van der Waals surface area contributed by atoms with E-state index in [1.165, 1.54) is 22.1 Å². The van der Waals surface area contributed by atoms with Gasteiger partial charge >= 0.3 is 0 Å². The number of rotatable bonds is 12. The van der Waals surface area contributed by atoms with Crippen molar-refractivity contribution < 1.29 is 18.8 Å². The van der Waals surface area contributed by atoms with Crippen LogP contribution < -0.4 is 31.5 Å². The van der Waals surface area contributed by atoms with E-state index >= 15 is 4.39 Å². The van der Waals surface area contributed by atoms with Crippen LogP contribution in [0.4, 0.5) is 38.9 Å². The summed E-state index contributed by atoms with van der Waals surface area (Å²) >= 11 is 3.68. The quantitative estimate of drug-likeness (QED) is 0.0702. The van der Waals surface area contributed by atoms with Crippen molar-refractivity contribution in [2.75, 3.05) is 80.0 Å². The highest BCUT2D eigenvalue weighted by Gasteiger charge is 2.30. The number of halogens is 2. The van der Waals surface area contributed by atoms with Crippen molar-refractivity contribution >= 4 is 92.2 Å². The summed E-state index contributed by atoms with van der Waals surface area (Å²) in [4.78, 5) is 53.4. The van der Waals surface area contributed by atoms with Crippen LogP contribution in [0.3, 0.4) is 0 Å². The zero-order chi connectivity index (χ0) is 46.1. The maximum Gasteiger partial charge on any atom is 0.249 e. The van der Waals surface area contributed by atoms with Gasteiger partial charge in [-0.15, -0.1) is 0 Å². The molecule has 5 heterocycles. The summed E-state index contributed by atoms with van der Waals surface area (Å²) in [7, 11) is 1.49. The van der Waals surface area contributed by atoms with Crippen LogP contribution in [0, 0.1) is 12.7 Å². The number of hydrogen-bond donors (Lipinski definition) is 4. The summed E-state index contributed by atoms with van der Waals surface area (Å²) in [6.07, 6.45) is 7.78. The third kappa shape index (κ3) is 9.91. The second-order valence-corrected chi connectivity index (χ2v) is 20.7. The number of nitrogens with one attached hydrogen (secondary N) is 4. The third-order valence-corrected chi connectivity index (χ3v) is 14.8. The maximum absolute atomic E-state index is 15.4. The number of aryl methyl sites for hydroxylation is 2. The highest BCUT2D eigenvalue weighted by atomic mass is 79.9. The van der Waals surface area contributed by atoms with Crippen molar-refractivity contribution in [3.8, 4) is 11.1 Å². The van der Waals surface area contributed by atoms with E-state index in [0.29, 0.717) is 75.3 Å². The topological polar surface area (TPSA) is 153 Å². The van der Waals surface area contributed by atoms with Gasteiger partial charge in [0, 0.05) is 91.2 Å². The van der Waals surface area contributed by atoms with Gasteiger partial charge in [-0.3, -0.25) is 29.3 Å². The van der Waals surface area contributed by atoms with Gasteiger partial charge in [-0.05, 0) is 127 Å². The molecule has 17 heteroatoms. The fourth-order valence-electron chi connectivity index (χ4n) is 9.35. The first-order valence-electron chi connectivity index (χ1n) is 22.4. The molecule has 1 atom stereocenters. The van der Waals surface area contributed by atoms with Gasteiger partial charge in [0.15, 0.2) is 0 Å². The van der Waals surface area contributed by atoms with Gasteiger partial charge in [0.25, 0.3) is 0 Å². The van der Waals surface area contributed by atoms with Crippen molar-refractivity contribution in [2.45, 2.75) is 44.6 Å². The molecule has 1 unspecified atom stereocenters. The molecule has 6 aromatic rings. The number of imide groups is 1. The molecular weight excluding hydrogens is 920 g/mol. The summed E-state index contributed by atoms with van der Waals surface area (Å²) in [6, 6.07) is 21.5. The molecule has 0 radical (unpaired) electrons. The summed E-state index contributed by atoms with van der Waals surface area (Å²) in [5, 5.41) is 20.8. The van der Waals surface area contributed by atoms with Crippen LogP contribution in [0.25, 0.3) is 21.9 Å². The van der Waals surface area contributed by atoms with Crippen molar-refractivity contribution in [3.05, 3.63) is 107 Å². The highest BCUT2D eigenvalue weighted by molar-refractivity contribution is 9.10. The SMILES string of the molecule is Cc1cc(N2CCN(C(=O)CN3CCC(c4ccc(NC5CCC(=O)NC5=O)cc4F)CC3)CC2)c(-c2cnn(C)c2)cc1Nc1ncc(Br)c(Nc2ccc3ccccc3c2P(C)C)n1. The summed E-state index contributed by atoms with van der Waals surface area (Å²) < 4.78 is 17.9. The Balaban J connectivity index is 0.829. The largest absolute Gasteiger partial charge is 0.374 e. The van der Waals surface area contributed by atoms with Gasteiger partial charge < -0.3 is 25.8 Å². The first-order chi connectivity index (χ1) is 31.9. The summed E-state index contributed by atoms with van der Waals surface area (Å²) in [5.74, 6) is 0.288. The molecular formula is C49H54BrFN11O3P. The molecule has 9 rings (SSSR count). The number of fused-ring (bicyclic) bond motifs is 1. The molecule has 3 fully saturated rings. The van der Waals surface area contributed by atoms with E-state index in [2.05, 4.69) is 126 Å². The Bertz CT molecular complexity index is 2810. The van der Waals surface area contributed by atoms with E-state index in [1.807, 2.05) is 24.3 Å². The molecule has 0 aliphatic carbocycles. The van der Waals surface area contributed by atoms with Gasteiger partial charge in [-0.2, -0.15) is 10.1 Å². The molecule has 3 aliphatic heterocycles. The predicted octanol–water partition coefficient (Wildman–Crippen LogP) is 7.84. The molecule has 0 saturated carbocycles. The molecule has 342 valence electrons. The number of piperidine rings is 2. The van der Waals surface area contributed by atoms with Crippen molar-refractivity contribution in [1.29, 1.82) is 0 Å². The summed E-state index contributed by atoms with van der Waals surface area (Å²) in [5.41, 5.74) is 7.17. The Morgan fingerprint density at radius 2 is 1.71 bits per heavy atom. The fraction of sp³-hybridized carbons (Fsp3) is 0.347. The molecule has 2 aromatic heterocycles. The van der Waals surface area contributed by atoms with Crippen LogP contribution in [0.2, 0.25) is 0 Å². The molecule has 0 spiro atoms. The first kappa shape index (κ1) is 45.2. The number of carbonyl (C=O) groups is 3. The third-order valence-electron chi connectivity index (χ3n) is 12.9. The lowest BCUT2D eigenvalue weighted by Crippen LogP contribution is -2.52. The number of likely N-dealkylation sites (tertiary alicyclic amines) is 1. The highest BCUT2D eigenvalue weighted by Crippen LogP contribution is 2.39. The molecule has 14 nitrogen and oxygen atoms in total. The normalized spacial score (nSPS) is 17.3. The fourth-order valence-corrected chi connectivity index (χ4v) is 10.9. The Morgan fingerprint density at radius 3 is 2.44 bits per heavy atom.